The van der Waals surface area contributed by atoms with Crippen LogP contribution in [0, 0.1) is 5.82 Å². The van der Waals surface area contributed by atoms with E-state index in [0.29, 0.717) is 11.6 Å². The first-order chi connectivity index (χ1) is 13.1. The van der Waals surface area contributed by atoms with Gasteiger partial charge in [-0.05, 0) is 41.8 Å². The molecular weight excluding hydrogens is 345 g/mol. The molecule has 140 valence electrons. The second kappa shape index (κ2) is 8.49. The van der Waals surface area contributed by atoms with Crippen LogP contribution in [0.2, 0.25) is 0 Å². The molecule has 0 bridgehead atoms. The number of halogens is 1. The topological polar surface area (TPSA) is 56.1 Å². The molecule has 5 nitrogen and oxygen atoms in total. The van der Waals surface area contributed by atoms with E-state index in [-0.39, 0.29) is 18.3 Å². The average molecular weight is 367 g/mol. The molecule has 3 rings (SSSR count). The summed E-state index contributed by atoms with van der Waals surface area (Å²) in [5.74, 6) is 0.694. The Morgan fingerprint density at radius 1 is 1.26 bits per heavy atom. The van der Waals surface area contributed by atoms with Crippen LogP contribution >= 0.6 is 0 Å². The minimum absolute atomic E-state index is 0.116. The number of aromatic nitrogens is 2. The van der Waals surface area contributed by atoms with Crippen LogP contribution in [-0.2, 0) is 18.3 Å². The second-order valence-electron chi connectivity index (χ2n) is 6.24. The summed E-state index contributed by atoms with van der Waals surface area (Å²) in [6.45, 7) is 1.95. The molecule has 3 aromatic rings. The molecule has 27 heavy (non-hydrogen) atoms. The normalized spacial score (nSPS) is 11.8. The van der Waals surface area contributed by atoms with Crippen LogP contribution in [-0.4, -0.2) is 22.1 Å². The Bertz CT molecular complexity index is 906. The Morgan fingerprint density at radius 3 is 2.70 bits per heavy atom. The molecule has 2 aromatic carbocycles. The molecule has 1 atom stereocenters. The first kappa shape index (κ1) is 18.6. The number of amides is 1. The molecule has 0 radical (unpaired) electrons. The van der Waals surface area contributed by atoms with E-state index < -0.39 is 6.04 Å². The van der Waals surface area contributed by atoms with E-state index >= 15 is 0 Å². The summed E-state index contributed by atoms with van der Waals surface area (Å²) in [5.41, 5.74) is 1.89. The van der Waals surface area contributed by atoms with Gasteiger partial charge in [-0.3, -0.25) is 4.79 Å². The molecule has 1 heterocycles. The van der Waals surface area contributed by atoms with Crippen molar-refractivity contribution in [1.29, 1.82) is 0 Å². The zero-order chi connectivity index (χ0) is 19.2. The lowest BCUT2D eigenvalue weighted by atomic mass is 10.1. The molecule has 0 aliphatic rings. The van der Waals surface area contributed by atoms with Crippen LogP contribution in [0.5, 0.6) is 5.75 Å². The zero-order valence-electron chi connectivity index (χ0n) is 15.4. The number of carbonyl (C=O) groups is 1. The molecule has 0 spiro atoms. The molecular formula is C21H22FN3O2. The van der Waals surface area contributed by atoms with E-state index in [2.05, 4.69) is 17.2 Å². The number of imidazole rings is 1. The predicted octanol–water partition coefficient (Wildman–Crippen LogP) is 3.41. The predicted molar refractivity (Wildman–Crippen MR) is 101 cm³/mol. The smallest absolute Gasteiger partial charge is 0.258 e. The number of hydrogen-bond donors (Lipinski definition) is 1. The Balaban J connectivity index is 1.72. The molecule has 0 fully saturated rings. The van der Waals surface area contributed by atoms with Crippen LogP contribution < -0.4 is 10.1 Å². The highest BCUT2D eigenvalue weighted by Crippen LogP contribution is 2.21. The van der Waals surface area contributed by atoms with Gasteiger partial charge in [0.1, 0.15) is 23.4 Å². The summed E-state index contributed by atoms with van der Waals surface area (Å²) in [7, 11) is 1.84. The van der Waals surface area contributed by atoms with Crippen molar-refractivity contribution in [3.05, 3.63) is 83.7 Å². The number of nitrogens with zero attached hydrogens (tertiary/aromatic N) is 2. The van der Waals surface area contributed by atoms with Gasteiger partial charge in [0.15, 0.2) is 6.61 Å². The van der Waals surface area contributed by atoms with Crippen LogP contribution in [0.1, 0.15) is 29.9 Å². The van der Waals surface area contributed by atoms with Gasteiger partial charge in [-0.15, -0.1) is 0 Å². The van der Waals surface area contributed by atoms with Crippen LogP contribution in [0.25, 0.3) is 0 Å². The minimum atomic E-state index is -0.497. The SMILES string of the molecule is CCc1cccc(OCC(=O)NC(c2ccc(F)cc2)c2nccn2C)c1. The summed E-state index contributed by atoms with van der Waals surface area (Å²) >= 11 is 0. The van der Waals surface area contributed by atoms with Gasteiger partial charge in [0.25, 0.3) is 5.91 Å². The van der Waals surface area contributed by atoms with E-state index in [0.717, 1.165) is 17.5 Å². The fraction of sp³-hybridized carbons (Fsp3) is 0.238. The van der Waals surface area contributed by atoms with E-state index in [4.69, 9.17) is 4.74 Å². The van der Waals surface area contributed by atoms with Gasteiger partial charge < -0.3 is 14.6 Å². The van der Waals surface area contributed by atoms with Gasteiger partial charge in [-0.2, -0.15) is 0 Å². The highest BCUT2D eigenvalue weighted by atomic mass is 19.1. The fourth-order valence-electron chi connectivity index (χ4n) is 2.81. The number of nitrogens with one attached hydrogen (secondary N) is 1. The lowest BCUT2D eigenvalue weighted by Crippen LogP contribution is -2.34. The van der Waals surface area contributed by atoms with Crippen LogP contribution in [0.3, 0.4) is 0 Å². The van der Waals surface area contributed by atoms with Crippen molar-refractivity contribution in [2.75, 3.05) is 6.61 Å². The molecule has 1 amide bonds. The molecule has 0 aliphatic heterocycles. The summed E-state index contributed by atoms with van der Waals surface area (Å²) in [6.07, 6.45) is 4.35. The number of hydrogen-bond acceptors (Lipinski definition) is 3. The van der Waals surface area contributed by atoms with Crippen LogP contribution in [0.4, 0.5) is 4.39 Å². The number of rotatable bonds is 7. The third kappa shape index (κ3) is 4.73. The van der Waals surface area contributed by atoms with Crippen molar-refractivity contribution in [1.82, 2.24) is 14.9 Å². The van der Waals surface area contributed by atoms with Gasteiger partial charge in [0.05, 0.1) is 0 Å². The zero-order valence-corrected chi connectivity index (χ0v) is 15.4. The summed E-state index contributed by atoms with van der Waals surface area (Å²) in [6, 6.07) is 13.2. The summed E-state index contributed by atoms with van der Waals surface area (Å²) in [5, 5.41) is 2.93. The van der Waals surface area contributed by atoms with Crippen molar-refractivity contribution in [3.63, 3.8) is 0 Å². The average Bonchev–Trinajstić information content (AvgIpc) is 3.11. The third-order valence-electron chi connectivity index (χ3n) is 4.30. The van der Waals surface area contributed by atoms with Gasteiger partial charge >= 0.3 is 0 Å². The number of ether oxygens (including phenoxy) is 1. The molecule has 0 aliphatic carbocycles. The van der Waals surface area contributed by atoms with Gasteiger partial charge in [-0.1, -0.05) is 31.2 Å². The third-order valence-corrected chi connectivity index (χ3v) is 4.30. The maximum Gasteiger partial charge on any atom is 0.258 e. The molecule has 1 unspecified atom stereocenters. The van der Waals surface area contributed by atoms with E-state index in [1.807, 2.05) is 35.9 Å². The van der Waals surface area contributed by atoms with Crippen molar-refractivity contribution in [2.45, 2.75) is 19.4 Å². The summed E-state index contributed by atoms with van der Waals surface area (Å²) < 4.78 is 20.7. The Hall–Kier alpha value is -3.15. The Labute approximate surface area is 157 Å². The van der Waals surface area contributed by atoms with Crippen LogP contribution in [0.15, 0.2) is 60.9 Å². The minimum Gasteiger partial charge on any atom is -0.484 e. The first-order valence-corrected chi connectivity index (χ1v) is 8.80. The van der Waals surface area contributed by atoms with Crippen molar-refractivity contribution in [2.24, 2.45) is 7.05 Å². The van der Waals surface area contributed by atoms with Crippen molar-refractivity contribution < 1.29 is 13.9 Å². The van der Waals surface area contributed by atoms with E-state index in [1.54, 1.807) is 24.5 Å². The quantitative estimate of drug-likeness (QED) is 0.696. The first-order valence-electron chi connectivity index (χ1n) is 8.80. The standard InChI is InChI=1S/C21H22FN3O2/c1-3-15-5-4-6-18(13-15)27-14-19(26)24-20(21-23-11-12-25(21)2)16-7-9-17(22)10-8-16/h4-13,20H,3,14H2,1-2H3,(H,24,26). The largest absolute Gasteiger partial charge is 0.484 e. The number of aryl methyl sites for hydroxylation is 2. The maximum atomic E-state index is 13.3. The Kier molecular flexibility index (Phi) is 5.86. The molecule has 0 saturated carbocycles. The number of benzene rings is 2. The lowest BCUT2D eigenvalue weighted by molar-refractivity contribution is -0.123. The van der Waals surface area contributed by atoms with Gasteiger partial charge in [-0.25, -0.2) is 9.37 Å². The van der Waals surface area contributed by atoms with Gasteiger partial charge in [0, 0.05) is 19.4 Å². The molecule has 6 heteroatoms. The van der Waals surface area contributed by atoms with Crippen molar-refractivity contribution in [3.8, 4) is 5.75 Å². The highest BCUT2D eigenvalue weighted by Gasteiger charge is 2.21. The monoisotopic (exact) mass is 367 g/mol. The van der Waals surface area contributed by atoms with E-state index in [1.165, 1.54) is 12.1 Å². The Morgan fingerprint density at radius 2 is 2.04 bits per heavy atom. The van der Waals surface area contributed by atoms with E-state index in [9.17, 15) is 9.18 Å². The number of carbonyl (C=O) groups excluding carboxylic acids is 1. The van der Waals surface area contributed by atoms with Crippen molar-refractivity contribution >= 4 is 5.91 Å². The molecule has 0 saturated heterocycles. The highest BCUT2D eigenvalue weighted by molar-refractivity contribution is 5.78. The second-order valence-corrected chi connectivity index (χ2v) is 6.24. The maximum absolute atomic E-state index is 13.3. The molecule has 1 N–H and O–H groups in total. The summed E-state index contributed by atoms with van der Waals surface area (Å²) in [4.78, 5) is 16.8. The lowest BCUT2D eigenvalue weighted by Gasteiger charge is -2.19. The van der Waals surface area contributed by atoms with Gasteiger partial charge in [0.2, 0.25) is 0 Å². The fourth-order valence-corrected chi connectivity index (χ4v) is 2.81. The molecule has 1 aromatic heterocycles.